The largest absolute Gasteiger partial charge is 0.508 e. The molecule has 1 heterocycles. The molecular weight excluding hydrogens is 318 g/mol. The maximum absolute atomic E-state index is 9.25. The molecule has 0 aliphatic carbocycles. The highest BCUT2D eigenvalue weighted by atomic mass is 16.3. The zero-order valence-corrected chi connectivity index (χ0v) is 13.2. The van der Waals surface area contributed by atoms with Crippen LogP contribution in [0.5, 0.6) is 11.5 Å². The summed E-state index contributed by atoms with van der Waals surface area (Å²) in [6.07, 6.45) is 3.31. The van der Waals surface area contributed by atoms with Gasteiger partial charge in [-0.25, -0.2) is 4.98 Å². The molecule has 6 heteroatoms. The molecule has 1 aromatic heterocycles. The normalized spacial score (nSPS) is 10.9. The van der Waals surface area contributed by atoms with Gasteiger partial charge >= 0.3 is 0 Å². The zero-order chi connectivity index (χ0) is 16.8. The van der Waals surface area contributed by atoms with Crippen LogP contribution in [0.4, 0.5) is 11.4 Å². The number of hydrogen-bond acceptors (Lipinski definition) is 5. The Bertz CT molecular complexity index is 802. The van der Waals surface area contributed by atoms with Crippen LogP contribution in [0.25, 0.3) is 0 Å². The number of hydrogen-bond donors (Lipinski definition) is 2. The van der Waals surface area contributed by atoms with Crippen molar-refractivity contribution < 1.29 is 15.7 Å². The molecule has 0 aliphatic heterocycles. The smallest absolute Gasteiger partial charge is 0.115 e. The Labute approximate surface area is 144 Å². The average molecular weight is 335 g/mol. The minimum absolute atomic E-state index is 0. The number of phenolic OH excluding ortho intramolecular Hbond substituents is 2. The number of aromatic nitrogens is 1. The van der Waals surface area contributed by atoms with Gasteiger partial charge in [0.2, 0.25) is 0 Å². The zero-order valence-electron chi connectivity index (χ0n) is 13.2. The molecule has 0 saturated heterocycles. The first kappa shape index (κ1) is 17.8. The molecule has 0 fully saturated rings. The topological polar surface area (TPSA) is 110 Å². The van der Waals surface area contributed by atoms with E-state index in [-0.39, 0.29) is 17.0 Å². The van der Waals surface area contributed by atoms with Crippen molar-refractivity contribution in [1.82, 2.24) is 4.98 Å². The first-order valence-corrected chi connectivity index (χ1v) is 7.32. The summed E-state index contributed by atoms with van der Waals surface area (Å²) in [5.74, 6) is 0.416. The summed E-state index contributed by atoms with van der Waals surface area (Å²) in [4.78, 5) is 13.1. The summed E-state index contributed by atoms with van der Waals surface area (Å²) < 4.78 is 0. The molecular formula is C19H17N3O3. The molecule has 0 aliphatic rings. The Morgan fingerprint density at radius 1 is 0.640 bits per heavy atom. The van der Waals surface area contributed by atoms with E-state index in [4.69, 9.17) is 0 Å². The highest BCUT2D eigenvalue weighted by Crippen LogP contribution is 2.17. The van der Waals surface area contributed by atoms with Gasteiger partial charge in [-0.05, 0) is 60.7 Å². The molecule has 0 saturated carbocycles. The minimum Gasteiger partial charge on any atom is -0.508 e. The van der Waals surface area contributed by atoms with Crippen LogP contribution in [-0.2, 0) is 0 Å². The standard InChI is InChI=1S/C19H15N3O2.H2O/c23-18-8-4-14(5-9-18)20-12-16-2-1-3-17(22-16)13-21-15-6-10-19(24)11-7-15;/h1-13,23-24H;1H2. The van der Waals surface area contributed by atoms with Crippen LogP contribution >= 0.6 is 0 Å². The lowest BCUT2D eigenvalue weighted by molar-refractivity contribution is 0.475. The van der Waals surface area contributed by atoms with Gasteiger partial charge in [-0.2, -0.15) is 0 Å². The molecule has 0 unspecified atom stereocenters. The maximum Gasteiger partial charge on any atom is 0.115 e. The number of aromatic hydroxyl groups is 2. The van der Waals surface area contributed by atoms with Crippen LogP contribution < -0.4 is 0 Å². The van der Waals surface area contributed by atoms with Crippen molar-refractivity contribution in [2.24, 2.45) is 9.98 Å². The van der Waals surface area contributed by atoms with E-state index in [1.54, 1.807) is 61.0 Å². The van der Waals surface area contributed by atoms with E-state index in [9.17, 15) is 10.2 Å². The minimum atomic E-state index is 0. The predicted octanol–water partition coefficient (Wildman–Crippen LogP) is 3.17. The third-order valence-electron chi connectivity index (χ3n) is 3.18. The average Bonchev–Trinajstić information content (AvgIpc) is 2.61. The van der Waals surface area contributed by atoms with Crippen molar-refractivity contribution in [2.75, 3.05) is 0 Å². The second-order valence-corrected chi connectivity index (χ2v) is 5.04. The molecule has 2 aromatic carbocycles. The van der Waals surface area contributed by atoms with E-state index in [2.05, 4.69) is 15.0 Å². The van der Waals surface area contributed by atoms with Crippen LogP contribution in [-0.4, -0.2) is 33.1 Å². The van der Waals surface area contributed by atoms with Crippen molar-refractivity contribution >= 4 is 23.8 Å². The lowest BCUT2D eigenvalue weighted by atomic mass is 10.3. The number of rotatable bonds is 4. The highest BCUT2D eigenvalue weighted by Gasteiger charge is 1.95. The fraction of sp³-hybridized carbons (Fsp3) is 0. The molecule has 0 amide bonds. The summed E-state index contributed by atoms with van der Waals surface area (Å²) in [6, 6.07) is 18.8. The van der Waals surface area contributed by atoms with Gasteiger partial charge in [-0.1, -0.05) is 6.07 Å². The van der Waals surface area contributed by atoms with E-state index in [1.165, 1.54) is 0 Å². The van der Waals surface area contributed by atoms with Gasteiger partial charge in [0.05, 0.1) is 35.2 Å². The van der Waals surface area contributed by atoms with Gasteiger partial charge in [-0.15, -0.1) is 0 Å². The van der Waals surface area contributed by atoms with E-state index in [0.717, 1.165) is 11.4 Å². The first-order chi connectivity index (χ1) is 11.7. The van der Waals surface area contributed by atoms with Crippen molar-refractivity contribution in [3.63, 3.8) is 0 Å². The molecule has 25 heavy (non-hydrogen) atoms. The number of phenols is 2. The number of benzene rings is 2. The van der Waals surface area contributed by atoms with Crippen molar-refractivity contribution in [2.45, 2.75) is 0 Å². The monoisotopic (exact) mass is 335 g/mol. The molecule has 126 valence electrons. The summed E-state index contributed by atoms with van der Waals surface area (Å²) in [6.45, 7) is 0. The van der Waals surface area contributed by atoms with E-state index in [1.807, 2.05) is 18.2 Å². The molecule has 4 N–H and O–H groups in total. The fourth-order valence-electron chi connectivity index (χ4n) is 1.97. The van der Waals surface area contributed by atoms with Crippen molar-refractivity contribution in [3.8, 4) is 11.5 Å². The third kappa shape index (κ3) is 5.26. The SMILES string of the molecule is O.Oc1ccc(N=Cc2cccc(C=Nc3ccc(O)cc3)n2)cc1. The molecule has 0 atom stereocenters. The molecule has 6 nitrogen and oxygen atoms in total. The molecule has 0 radical (unpaired) electrons. The van der Waals surface area contributed by atoms with Crippen molar-refractivity contribution in [3.05, 3.63) is 78.1 Å². The van der Waals surface area contributed by atoms with Gasteiger partial charge in [0.15, 0.2) is 0 Å². The molecule has 3 rings (SSSR count). The van der Waals surface area contributed by atoms with Gasteiger partial charge in [0, 0.05) is 0 Å². The summed E-state index contributed by atoms with van der Waals surface area (Å²) in [7, 11) is 0. The summed E-state index contributed by atoms with van der Waals surface area (Å²) in [5, 5.41) is 18.5. The summed E-state index contributed by atoms with van der Waals surface area (Å²) >= 11 is 0. The number of pyridine rings is 1. The van der Waals surface area contributed by atoms with E-state index in [0.29, 0.717) is 11.4 Å². The number of aliphatic imine (C=N–C) groups is 2. The Hall–Kier alpha value is -3.51. The van der Waals surface area contributed by atoms with Crippen molar-refractivity contribution in [1.29, 1.82) is 0 Å². The Morgan fingerprint density at radius 2 is 1.04 bits per heavy atom. The predicted molar refractivity (Wildman–Crippen MR) is 98.6 cm³/mol. The van der Waals surface area contributed by atoms with Gasteiger partial charge in [0.1, 0.15) is 11.5 Å². The van der Waals surface area contributed by atoms with Gasteiger partial charge in [0.25, 0.3) is 0 Å². The van der Waals surface area contributed by atoms with Crippen LogP contribution in [0, 0.1) is 0 Å². The molecule has 0 spiro atoms. The molecule has 3 aromatic rings. The van der Waals surface area contributed by atoms with E-state index < -0.39 is 0 Å². The second-order valence-electron chi connectivity index (χ2n) is 5.04. The lowest BCUT2D eigenvalue weighted by Gasteiger charge is -1.97. The van der Waals surface area contributed by atoms with E-state index >= 15 is 0 Å². The van der Waals surface area contributed by atoms with Crippen LogP contribution in [0.1, 0.15) is 11.4 Å². The third-order valence-corrected chi connectivity index (χ3v) is 3.18. The second kappa shape index (κ2) is 8.37. The van der Waals surface area contributed by atoms with Crippen LogP contribution in [0.2, 0.25) is 0 Å². The lowest BCUT2D eigenvalue weighted by Crippen LogP contribution is -1.92. The first-order valence-electron chi connectivity index (χ1n) is 7.32. The van der Waals surface area contributed by atoms with Crippen LogP contribution in [0.3, 0.4) is 0 Å². The van der Waals surface area contributed by atoms with Crippen LogP contribution in [0.15, 0.2) is 76.7 Å². The Kier molecular flexibility index (Phi) is 5.97. The highest BCUT2D eigenvalue weighted by molar-refractivity contribution is 5.84. The maximum atomic E-state index is 9.25. The summed E-state index contributed by atoms with van der Waals surface area (Å²) in [5.41, 5.74) is 2.88. The van der Waals surface area contributed by atoms with Gasteiger partial charge < -0.3 is 15.7 Å². The van der Waals surface area contributed by atoms with Gasteiger partial charge in [-0.3, -0.25) is 9.98 Å². The Balaban J connectivity index is 0.00000225. The molecule has 0 bridgehead atoms. The fourth-order valence-corrected chi connectivity index (χ4v) is 1.97. The Morgan fingerprint density at radius 3 is 1.44 bits per heavy atom. The quantitative estimate of drug-likeness (QED) is 0.714. The number of nitrogens with zero attached hydrogens (tertiary/aromatic N) is 3.